The van der Waals surface area contributed by atoms with Crippen LogP contribution in [-0.2, 0) is 13.1 Å². The maximum atomic E-state index is 4.07. The topological polar surface area (TPSA) is 33.1 Å². The van der Waals surface area contributed by atoms with E-state index in [1.165, 1.54) is 24.9 Å². The van der Waals surface area contributed by atoms with Crippen molar-refractivity contribution < 1.29 is 0 Å². The fraction of sp³-hybridized carbons (Fsp3) is 0.471. The fourth-order valence-electron chi connectivity index (χ4n) is 3.02. The lowest BCUT2D eigenvalue weighted by molar-refractivity contribution is 0.183. The Kier molecular flexibility index (Phi) is 5.03. The molecule has 2 aromatic rings. The number of rotatable bonds is 6. The molecule has 3 rings (SSSR count). The van der Waals surface area contributed by atoms with Gasteiger partial charge in [0.2, 0.25) is 0 Å². The average Bonchev–Trinajstić information content (AvgIpc) is 3.02. The van der Waals surface area contributed by atoms with Gasteiger partial charge in [0.15, 0.2) is 0 Å². The molecule has 1 fully saturated rings. The normalized spacial score (nSPS) is 19.7. The highest BCUT2D eigenvalue weighted by atomic mass is 15.2. The molecule has 0 saturated carbocycles. The highest BCUT2D eigenvalue weighted by molar-refractivity contribution is 5.14. The van der Waals surface area contributed by atoms with Crippen molar-refractivity contribution in [3.05, 3.63) is 54.6 Å². The quantitative estimate of drug-likeness (QED) is 0.882. The highest BCUT2D eigenvalue weighted by Crippen LogP contribution is 2.13. The molecule has 21 heavy (non-hydrogen) atoms. The van der Waals surface area contributed by atoms with Gasteiger partial charge in [0.05, 0.1) is 6.33 Å². The highest BCUT2D eigenvalue weighted by Gasteiger charge is 2.19. The molecular weight excluding hydrogens is 260 g/mol. The predicted molar refractivity (Wildman–Crippen MR) is 85.0 cm³/mol. The van der Waals surface area contributed by atoms with Crippen molar-refractivity contribution in [2.75, 3.05) is 19.6 Å². The van der Waals surface area contributed by atoms with Crippen LogP contribution in [0.15, 0.2) is 49.1 Å². The first-order valence-electron chi connectivity index (χ1n) is 7.85. The summed E-state index contributed by atoms with van der Waals surface area (Å²) in [6.45, 7) is 5.45. The Hall–Kier alpha value is -1.65. The van der Waals surface area contributed by atoms with Crippen LogP contribution in [0, 0.1) is 0 Å². The molecule has 1 aliphatic heterocycles. The van der Waals surface area contributed by atoms with Crippen LogP contribution in [0.2, 0.25) is 0 Å². The van der Waals surface area contributed by atoms with Crippen molar-refractivity contribution in [1.29, 1.82) is 0 Å². The van der Waals surface area contributed by atoms with Crippen molar-refractivity contribution in [1.82, 2.24) is 19.8 Å². The molecule has 1 aliphatic rings. The Labute approximate surface area is 126 Å². The van der Waals surface area contributed by atoms with Gasteiger partial charge in [0, 0.05) is 44.6 Å². The number of nitrogens with one attached hydrogen (secondary N) is 1. The van der Waals surface area contributed by atoms with Gasteiger partial charge in [-0.15, -0.1) is 0 Å². The van der Waals surface area contributed by atoms with Gasteiger partial charge in [-0.2, -0.15) is 0 Å². The lowest BCUT2D eigenvalue weighted by Gasteiger charge is -2.33. The zero-order chi connectivity index (χ0) is 14.3. The second kappa shape index (κ2) is 7.38. The molecule has 1 aromatic heterocycles. The predicted octanol–water partition coefficient (Wildman–Crippen LogP) is 2.14. The van der Waals surface area contributed by atoms with E-state index < -0.39 is 0 Å². The summed E-state index contributed by atoms with van der Waals surface area (Å²) in [6, 6.07) is 11.4. The monoisotopic (exact) mass is 284 g/mol. The van der Waals surface area contributed by atoms with Crippen LogP contribution < -0.4 is 5.32 Å². The molecule has 4 nitrogen and oxygen atoms in total. The number of likely N-dealkylation sites (tertiary alicyclic amines) is 1. The molecular formula is C17H24N4. The maximum Gasteiger partial charge on any atom is 0.0946 e. The zero-order valence-electron chi connectivity index (χ0n) is 12.5. The SMILES string of the molecule is c1ccc(CN2CCCC(NCCn3ccnc3)C2)cc1. The van der Waals surface area contributed by atoms with Gasteiger partial charge in [0.1, 0.15) is 0 Å². The van der Waals surface area contributed by atoms with Crippen molar-refractivity contribution in [2.45, 2.75) is 32.0 Å². The summed E-state index contributed by atoms with van der Waals surface area (Å²) in [7, 11) is 0. The molecule has 1 atom stereocenters. The minimum atomic E-state index is 0.617. The van der Waals surface area contributed by atoms with Crippen molar-refractivity contribution in [3.8, 4) is 0 Å². The summed E-state index contributed by atoms with van der Waals surface area (Å²) < 4.78 is 2.12. The molecule has 0 bridgehead atoms. The number of hydrogen-bond donors (Lipinski definition) is 1. The van der Waals surface area contributed by atoms with Gasteiger partial charge < -0.3 is 9.88 Å². The fourth-order valence-corrected chi connectivity index (χ4v) is 3.02. The molecule has 1 N–H and O–H groups in total. The van der Waals surface area contributed by atoms with Crippen LogP contribution in [0.1, 0.15) is 18.4 Å². The molecule has 0 amide bonds. The maximum absolute atomic E-state index is 4.07. The standard InChI is InChI=1S/C17H24N4/c1-2-5-16(6-3-1)13-21-10-4-7-17(14-21)19-9-12-20-11-8-18-15-20/h1-3,5-6,8,11,15,17,19H,4,7,9-10,12-14H2. The third-order valence-electron chi connectivity index (χ3n) is 4.12. The molecule has 0 spiro atoms. The smallest absolute Gasteiger partial charge is 0.0946 e. The molecule has 1 aromatic carbocycles. The minimum absolute atomic E-state index is 0.617. The molecule has 0 radical (unpaired) electrons. The second-order valence-corrected chi connectivity index (χ2v) is 5.81. The molecule has 0 aliphatic carbocycles. The van der Waals surface area contributed by atoms with Crippen LogP contribution in [0.4, 0.5) is 0 Å². The van der Waals surface area contributed by atoms with Crippen LogP contribution in [-0.4, -0.2) is 40.1 Å². The summed E-state index contributed by atoms with van der Waals surface area (Å²) in [6.07, 6.45) is 8.31. The molecule has 112 valence electrons. The van der Waals surface area contributed by atoms with E-state index in [2.05, 4.69) is 50.1 Å². The first kappa shape index (κ1) is 14.3. The number of benzene rings is 1. The van der Waals surface area contributed by atoms with E-state index in [4.69, 9.17) is 0 Å². The lowest BCUT2D eigenvalue weighted by atomic mass is 10.0. The van der Waals surface area contributed by atoms with Gasteiger partial charge in [0.25, 0.3) is 0 Å². The third kappa shape index (κ3) is 4.41. The van der Waals surface area contributed by atoms with Gasteiger partial charge in [-0.1, -0.05) is 30.3 Å². The van der Waals surface area contributed by atoms with Crippen LogP contribution in [0.25, 0.3) is 0 Å². The van der Waals surface area contributed by atoms with Crippen molar-refractivity contribution >= 4 is 0 Å². The molecule has 4 heteroatoms. The Balaban J connectivity index is 1.42. The van der Waals surface area contributed by atoms with E-state index in [0.29, 0.717) is 6.04 Å². The summed E-state index contributed by atoms with van der Waals surface area (Å²) in [4.78, 5) is 6.64. The lowest BCUT2D eigenvalue weighted by Crippen LogP contribution is -2.46. The minimum Gasteiger partial charge on any atom is -0.336 e. The summed E-state index contributed by atoms with van der Waals surface area (Å²) in [5, 5.41) is 3.69. The summed E-state index contributed by atoms with van der Waals surface area (Å²) in [5.41, 5.74) is 1.41. The molecule has 2 heterocycles. The van der Waals surface area contributed by atoms with Gasteiger partial charge in [-0.05, 0) is 24.9 Å². The Morgan fingerprint density at radius 1 is 1.24 bits per heavy atom. The van der Waals surface area contributed by atoms with Gasteiger partial charge in [-0.3, -0.25) is 4.90 Å². The zero-order valence-corrected chi connectivity index (χ0v) is 12.5. The van der Waals surface area contributed by atoms with E-state index in [0.717, 1.165) is 26.2 Å². The van der Waals surface area contributed by atoms with Gasteiger partial charge in [-0.25, -0.2) is 4.98 Å². The van der Waals surface area contributed by atoms with Crippen LogP contribution in [0.3, 0.4) is 0 Å². The van der Waals surface area contributed by atoms with Gasteiger partial charge >= 0.3 is 0 Å². The van der Waals surface area contributed by atoms with E-state index in [1.807, 2.05) is 18.7 Å². The largest absolute Gasteiger partial charge is 0.336 e. The van der Waals surface area contributed by atoms with E-state index in [9.17, 15) is 0 Å². The van der Waals surface area contributed by atoms with E-state index >= 15 is 0 Å². The number of nitrogens with zero attached hydrogens (tertiary/aromatic N) is 3. The number of imidazole rings is 1. The average molecular weight is 284 g/mol. The molecule has 1 unspecified atom stereocenters. The first-order chi connectivity index (χ1) is 10.4. The summed E-state index contributed by atoms with van der Waals surface area (Å²) in [5.74, 6) is 0. The van der Waals surface area contributed by atoms with E-state index in [1.54, 1.807) is 0 Å². The number of hydrogen-bond acceptors (Lipinski definition) is 3. The number of piperidine rings is 1. The van der Waals surface area contributed by atoms with Crippen LogP contribution in [0.5, 0.6) is 0 Å². The third-order valence-corrected chi connectivity index (χ3v) is 4.12. The second-order valence-electron chi connectivity index (χ2n) is 5.81. The summed E-state index contributed by atoms with van der Waals surface area (Å²) >= 11 is 0. The van der Waals surface area contributed by atoms with Crippen molar-refractivity contribution in [3.63, 3.8) is 0 Å². The first-order valence-corrected chi connectivity index (χ1v) is 7.85. The molecule has 1 saturated heterocycles. The Bertz CT molecular complexity index is 509. The van der Waals surface area contributed by atoms with Crippen molar-refractivity contribution in [2.24, 2.45) is 0 Å². The Morgan fingerprint density at radius 3 is 2.95 bits per heavy atom. The van der Waals surface area contributed by atoms with Crippen LogP contribution >= 0.6 is 0 Å². The number of aromatic nitrogens is 2. The Morgan fingerprint density at radius 2 is 2.14 bits per heavy atom. The van der Waals surface area contributed by atoms with E-state index in [-0.39, 0.29) is 0 Å².